The summed E-state index contributed by atoms with van der Waals surface area (Å²) in [5, 5.41) is 0. The number of hydrogen-bond acceptors (Lipinski definition) is 0. The molecule has 0 aliphatic heterocycles. The van der Waals surface area contributed by atoms with Crippen LogP contribution in [0.15, 0.2) is 0 Å². The van der Waals surface area contributed by atoms with E-state index in [1.54, 1.807) is 0 Å². The van der Waals surface area contributed by atoms with E-state index in [0.29, 0.717) is 0 Å². The summed E-state index contributed by atoms with van der Waals surface area (Å²) < 4.78 is 111. The van der Waals surface area contributed by atoms with Gasteiger partial charge in [-0.05, 0) is 0 Å². The summed E-state index contributed by atoms with van der Waals surface area (Å²) in [6.07, 6.45) is -7.33. The Balaban J connectivity index is 5.60. The van der Waals surface area contributed by atoms with E-state index in [1.165, 1.54) is 0 Å². The molecule has 0 atom stereocenters. The van der Waals surface area contributed by atoms with Gasteiger partial charge >= 0.3 is 63.7 Å². The van der Waals surface area contributed by atoms with Gasteiger partial charge in [-0.15, -0.1) is 0 Å². The first-order chi connectivity index (χ1) is 5.00. The van der Waals surface area contributed by atoms with Gasteiger partial charge in [-0.2, -0.15) is 0 Å². The van der Waals surface area contributed by atoms with Crippen LogP contribution in [0.4, 0.5) is 39.7 Å². The molecule has 0 unspecified atom stereocenters. The van der Waals surface area contributed by atoms with Gasteiger partial charge < -0.3 is 0 Å². The SMILES string of the molecule is FC(F)(F)C(F)(F)[Se](F)(F)(F)(F)F. The van der Waals surface area contributed by atoms with Gasteiger partial charge in [0.25, 0.3) is 0 Å². The summed E-state index contributed by atoms with van der Waals surface area (Å²) in [6, 6.07) is 0. The van der Waals surface area contributed by atoms with Gasteiger partial charge in [0, 0.05) is 0 Å². The molecule has 0 nitrogen and oxygen atoms in total. The Morgan fingerprint density at radius 2 is 0.846 bits per heavy atom. The molecule has 84 valence electrons. The second-order valence-electron chi connectivity index (χ2n) is 1.98. The molecule has 0 amide bonds. The molecule has 0 radical (unpaired) electrons. The molecule has 0 aliphatic carbocycles. The van der Waals surface area contributed by atoms with Crippen LogP contribution in [-0.4, -0.2) is 24.0 Å². The minimum absolute atomic E-state index is 7.33. The van der Waals surface area contributed by atoms with Crippen LogP contribution in [0.3, 0.4) is 0 Å². The van der Waals surface area contributed by atoms with E-state index >= 15 is 0 Å². The average molecular weight is 293 g/mol. The van der Waals surface area contributed by atoms with Crippen molar-refractivity contribution in [1.29, 1.82) is 0 Å². The second kappa shape index (κ2) is 1.92. The zero-order valence-electron chi connectivity index (χ0n) is 5.19. The summed E-state index contributed by atoms with van der Waals surface area (Å²) in [4.78, 5) is -7.92. The van der Waals surface area contributed by atoms with Crippen molar-refractivity contribution in [3.8, 4) is 0 Å². The second-order valence-corrected chi connectivity index (χ2v) is 7.13. The molecule has 0 aromatic carbocycles. The van der Waals surface area contributed by atoms with E-state index in [4.69, 9.17) is 0 Å². The van der Waals surface area contributed by atoms with Crippen LogP contribution >= 0.6 is 0 Å². The van der Waals surface area contributed by atoms with E-state index in [-0.39, 0.29) is 0 Å². The van der Waals surface area contributed by atoms with Crippen LogP contribution in [0.25, 0.3) is 0 Å². The van der Waals surface area contributed by atoms with Crippen molar-refractivity contribution in [3.05, 3.63) is 0 Å². The predicted molar refractivity (Wildman–Crippen MR) is 22.3 cm³/mol. The molecule has 0 saturated heterocycles. The molecule has 0 bridgehead atoms. The van der Waals surface area contributed by atoms with E-state index in [9.17, 15) is 39.7 Å². The van der Waals surface area contributed by atoms with Crippen molar-refractivity contribution in [1.82, 2.24) is 0 Å². The Bertz CT molecular complexity index is 211. The van der Waals surface area contributed by atoms with Gasteiger partial charge in [0.05, 0.1) is 0 Å². The summed E-state index contributed by atoms with van der Waals surface area (Å²) in [5.74, 6) is 0. The van der Waals surface area contributed by atoms with Crippen molar-refractivity contribution in [2.45, 2.75) is 11.0 Å². The molecule has 0 rings (SSSR count). The van der Waals surface area contributed by atoms with E-state index in [1.807, 2.05) is 0 Å². The molecule has 0 N–H and O–H groups in total. The molecule has 0 saturated carbocycles. The van der Waals surface area contributed by atoms with Gasteiger partial charge in [0.2, 0.25) is 0 Å². The number of alkyl halides is 5. The summed E-state index contributed by atoms with van der Waals surface area (Å²) >= 11 is -12.5. The van der Waals surface area contributed by atoms with Crippen LogP contribution < -0.4 is 0 Å². The third-order valence-corrected chi connectivity index (χ3v) is 3.33. The molecule has 0 aromatic rings. The first-order valence-corrected chi connectivity index (χ1v) is 6.26. The van der Waals surface area contributed by atoms with E-state index in [2.05, 4.69) is 0 Å². The topological polar surface area (TPSA) is 0 Å². The summed E-state index contributed by atoms with van der Waals surface area (Å²) in [7, 11) is 0. The molecule has 0 aliphatic rings. The fourth-order valence-electron chi connectivity index (χ4n) is 0.219. The normalized spacial score (nSPS) is 20.8. The Hall–Kier alpha value is -0.181. The fraction of sp³-hybridized carbons (Fsp3) is 1.00. The Kier molecular flexibility index (Phi) is 1.90. The first-order valence-electron chi connectivity index (χ1n) is 2.17. The van der Waals surface area contributed by atoms with E-state index < -0.39 is 24.0 Å². The minimum atomic E-state index is -12.5. The Labute approximate surface area is 64.7 Å². The first kappa shape index (κ1) is 12.8. The summed E-state index contributed by atoms with van der Waals surface area (Å²) in [5.41, 5.74) is 0. The predicted octanol–water partition coefficient (Wildman–Crippen LogP) is 3.41. The number of halogens is 10. The van der Waals surface area contributed by atoms with Crippen LogP contribution in [0, 0.1) is 0 Å². The molecule has 11 heteroatoms. The van der Waals surface area contributed by atoms with Gasteiger partial charge in [0.15, 0.2) is 0 Å². The number of hydrogen-bond donors (Lipinski definition) is 0. The maximum atomic E-state index is 11.3. The van der Waals surface area contributed by atoms with Gasteiger partial charge in [-0.3, -0.25) is 0 Å². The van der Waals surface area contributed by atoms with Crippen LogP contribution in [-0.2, 0) is 0 Å². The van der Waals surface area contributed by atoms with Gasteiger partial charge in [-0.25, -0.2) is 0 Å². The van der Waals surface area contributed by atoms with Crippen molar-refractivity contribution in [2.75, 3.05) is 0 Å². The monoisotopic (exact) mass is 294 g/mol. The molecule has 0 fully saturated rings. The third kappa shape index (κ3) is 2.01. The van der Waals surface area contributed by atoms with Gasteiger partial charge in [0.1, 0.15) is 0 Å². The Morgan fingerprint density at radius 1 is 0.615 bits per heavy atom. The number of rotatable bonds is 1. The molecule has 0 heterocycles. The summed E-state index contributed by atoms with van der Waals surface area (Å²) in [6.45, 7) is 0. The zero-order chi connectivity index (χ0) is 11.4. The van der Waals surface area contributed by atoms with Crippen LogP contribution in [0.1, 0.15) is 0 Å². The van der Waals surface area contributed by atoms with Crippen LogP contribution in [0.5, 0.6) is 0 Å². The molecular weight excluding hydrogens is 293 g/mol. The third-order valence-electron chi connectivity index (χ3n) is 0.814. The van der Waals surface area contributed by atoms with Gasteiger partial charge in [-0.1, -0.05) is 0 Å². The Morgan fingerprint density at radius 3 is 0.846 bits per heavy atom. The van der Waals surface area contributed by atoms with E-state index in [0.717, 1.165) is 0 Å². The molecular formula is C2F10Se. The molecule has 13 heavy (non-hydrogen) atoms. The molecule has 0 aromatic heterocycles. The maximum absolute atomic E-state index is 12.5. The fourth-order valence-corrected chi connectivity index (χ4v) is 1.14. The van der Waals surface area contributed by atoms with Crippen molar-refractivity contribution >= 4 is 13.0 Å². The van der Waals surface area contributed by atoms with Crippen molar-refractivity contribution in [3.63, 3.8) is 0 Å². The van der Waals surface area contributed by atoms with Crippen molar-refractivity contribution in [2.24, 2.45) is 0 Å². The standard InChI is InChI=1S/C2F10Se/c3-1(4,5)2(6,7)13(8,9,10,11)12. The zero-order valence-corrected chi connectivity index (χ0v) is 6.90. The average Bonchev–Trinajstić information content (AvgIpc) is 1.52. The van der Waals surface area contributed by atoms with Crippen molar-refractivity contribution < 1.29 is 39.7 Å². The molecule has 0 spiro atoms. The quantitative estimate of drug-likeness (QED) is 0.513. The van der Waals surface area contributed by atoms with Crippen LogP contribution in [0.2, 0.25) is 0 Å².